The highest BCUT2D eigenvalue weighted by molar-refractivity contribution is 9.10. The van der Waals surface area contributed by atoms with Gasteiger partial charge in [0.1, 0.15) is 34.5 Å². The van der Waals surface area contributed by atoms with E-state index in [-0.39, 0.29) is 33.5 Å². The van der Waals surface area contributed by atoms with Crippen LogP contribution in [0.15, 0.2) is 16.2 Å². The minimum absolute atomic E-state index is 0.113. The fourth-order valence-corrected chi connectivity index (χ4v) is 5.66. The second-order valence-corrected chi connectivity index (χ2v) is 11.9. The Morgan fingerprint density at radius 2 is 2.05 bits per heavy atom. The Labute approximate surface area is 227 Å². The van der Waals surface area contributed by atoms with Crippen LogP contribution in [0, 0.1) is 5.82 Å². The molecule has 5 rings (SSSR count). The second kappa shape index (κ2) is 9.31. The van der Waals surface area contributed by atoms with Crippen LogP contribution in [0.2, 0.25) is 5.02 Å². The Morgan fingerprint density at radius 1 is 1.32 bits per heavy atom. The largest absolute Gasteiger partial charge is 0.470 e. The van der Waals surface area contributed by atoms with Gasteiger partial charge in [-0.2, -0.15) is 0 Å². The van der Waals surface area contributed by atoms with Gasteiger partial charge in [-0.15, -0.1) is 0 Å². The quantitative estimate of drug-likeness (QED) is 0.379. The van der Waals surface area contributed by atoms with Gasteiger partial charge >= 0.3 is 6.09 Å². The third-order valence-corrected chi connectivity index (χ3v) is 7.87. The number of nitrogens with zero attached hydrogens (tertiary/aromatic N) is 5. The molecule has 1 fully saturated rings. The van der Waals surface area contributed by atoms with Crippen LogP contribution in [0.1, 0.15) is 20.8 Å². The fraction of sp³-hybridized carbons (Fsp3) is 0.520. The van der Waals surface area contributed by atoms with Gasteiger partial charge < -0.3 is 29.1 Å². The molecule has 12 heteroatoms. The number of amides is 1. The van der Waals surface area contributed by atoms with Gasteiger partial charge in [0.15, 0.2) is 5.82 Å². The van der Waals surface area contributed by atoms with E-state index in [1.165, 1.54) is 0 Å². The summed E-state index contributed by atoms with van der Waals surface area (Å²) in [7, 11) is 3.84. The number of likely N-dealkylation sites (N-methyl/N-ethyl adjacent to an activating group) is 1. The van der Waals surface area contributed by atoms with E-state index in [2.05, 4.69) is 26.9 Å². The molecule has 1 saturated heterocycles. The second-order valence-electron chi connectivity index (χ2n) is 10.7. The van der Waals surface area contributed by atoms with Crippen molar-refractivity contribution in [3.8, 4) is 5.88 Å². The number of hydrogen-bond acceptors (Lipinski definition) is 8. The molecule has 0 unspecified atom stereocenters. The summed E-state index contributed by atoms with van der Waals surface area (Å²) in [4.78, 5) is 37.4. The number of aromatic nitrogens is 1. The number of anilines is 2. The Kier molecular flexibility index (Phi) is 6.55. The number of ether oxygens (including phenoxy) is 2. The molecule has 0 radical (unpaired) electrons. The number of carbonyl (C=O) groups is 1. The zero-order chi connectivity index (χ0) is 26.8. The Morgan fingerprint density at radius 3 is 2.70 bits per heavy atom. The highest BCUT2D eigenvalue weighted by atomic mass is 79.9. The lowest BCUT2D eigenvalue weighted by atomic mass is 9.97. The molecule has 37 heavy (non-hydrogen) atoms. The van der Waals surface area contributed by atoms with Crippen molar-refractivity contribution in [2.24, 2.45) is 0 Å². The highest BCUT2D eigenvalue weighted by Crippen LogP contribution is 2.52. The molecule has 3 aliphatic rings. The van der Waals surface area contributed by atoms with E-state index in [0.29, 0.717) is 48.6 Å². The normalized spacial score (nSPS) is 21.0. The summed E-state index contributed by atoms with van der Waals surface area (Å²) in [5, 5.41) is 0.710. The molecule has 0 N–H and O–H groups in total. The minimum atomic E-state index is -0.654. The van der Waals surface area contributed by atoms with Crippen molar-refractivity contribution >= 4 is 61.8 Å². The molecule has 1 amide bonds. The van der Waals surface area contributed by atoms with Crippen LogP contribution in [0.5, 0.6) is 5.88 Å². The summed E-state index contributed by atoms with van der Waals surface area (Å²) in [6, 6.07) is 1.15. The van der Waals surface area contributed by atoms with Crippen LogP contribution in [0.3, 0.4) is 0 Å². The Balaban J connectivity index is 1.68. The van der Waals surface area contributed by atoms with Crippen LogP contribution < -0.4 is 14.5 Å². The van der Waals surface area contributed by atoms with Gasteiger partial charge in [0.05, 0.1) is 34.3 Å². The number of carbonyl (C=O) groups excluding carboxylic acids is 2. The lowest BCUT2D eigenvalue weighted by Crippen LogP contribution is -2.62. The lowest BCUT2D eigenvalue weighted by molar-refractivity contribution is 0.0221. The van der Waals surface area contributed by atoms with Gasteiger partial charge in [-0.3, -0.25) is 0 Å². The number of benzene rings is 1. The summed E-state index contributed by atoms with van der Waals surface area (Å²) in [6.45, 7) is 7.31. The van der Waals surface area contributed by atoms with E-state index in [1.807, 2.05) is 49.6 Å². The maximum Gasteiger partial charge on any atom is 0.410 e. The van der Waals surface area contributed by atoms with Gasteiger partial charge in [-0.05, 0) is 56.9 Å². The van der Waals surface area contributed by atoms with Crippen LogP contribution in [0.25, 0.3) is 10.9 Å². The monoisotopic (exact) mass is 595 g/mol. The van der Waals surface area contributed by atoms with Crippen molar-refractivity contribution < 1.29 is 23.5 Å². The average Bonchev–Trinajstić information content (AvgIpc) is 2.81. The van der Waals surface area contributed by atoms with Gasteiger partial charge in [-0.25, -0.2) is 19.0 Å². The molecule has 4 heterocycles. The predicted molar refractivity (Wildman–Crippen MR) is 143 cm³/mol. The molecule has 3 aliphatic heterocycles. The number of halogens is 3. The molecule has 198 valence electrons. The van der Waals surface area contributed by atoms with Crippen LogP contribution in [0.4, 0.5) is 20.6 Å². The minimum Gasteiger partial charge on any atom is -0.470 e. The summed E-state index contributed by atoms with van der Waals surface area (Å²) in [5.74, 6) is 1.79. The summed E-state index contributed by atoms with van der Waals surface area (Å²) >= 11 is 9.60. The van der Waals surface area contributed by atoms with Crippen LogP contribution >= 0.6 is 27.5 Å². The zero-order valence-electron chi connectivity index (χ0n) is 21.3. The first kappa shape index (κ1) is 26.0. The summed E-state index contributed by atoms with van der Waals surface area (Å²) in [6.07, 6.45) is -0.784. The maximum absolute atomic E-state index is 15.4. The molecule has 0 aliphatic carbocycles. The number of hydrogen-bond donors (Lipinski definition) is 0. The standard InChI is InChI=1S/C25H28BrClFN5O4/c1-25(2,3)37-24(35)31-6-7-32-16(11-31)17(12-34)33-10-13(9-30(4)5)36-23-22(33)21(32)14-8-15(27)18(26)19(28)20(14)29-23/h8,13,16H,6-7,9-11H2,1-5H3/t13-,16-/m1/s1. The number of rotatable bonds is 2. The van der Waals surface area contributed by atoms with E-state index in [9.17, 15) is 9.59 Å². The SMILES string of the molecule is CN(C)C[C@@H]1CN2C(=C=O)[C@H]3CN(C(=O)OC(C)(C)C)CCN3c3c2c(nc2c(F)c(Br)c(Cl)cc32)O1. The van der Waals surface area contributed by atoms with Crippen molar-refractivity contribution in [1.82, 2.24) is 14.8 Å². The molecular weight excluding hydrogens is 569 g/mol. The summed E-state index contributed by atoms with van der Waals surface area (Å²) in [5.41, 5.74) is 1.09. The molecule has 1 aromatic heterocycles. The third-order valence-electron chi connectivity index (χ3n) is 6.57. The average molecular weight is 597 g/mol. The molecule has 0 spiro atoms. The first-order chi connectivity index (χ1) is 17.4. The van der Waals surface area contributed by atoms with Gasteiger partial charge in [0.2, 0.25) is 5.88 Å². The van der Waals surface area contributed by atoms with E-state index in [4.69, 9.17) is 21.1 Å². The van der Waals surface area contributed by atoms with Crippen LogP contribution in [-0.4, -0.2) is 91.4 Å². The van der Waals surface area contributed by atoms with Gasteiger partial charge in [0, 0.05) is 25.0 Å². The molecule has 2 aromatic rings. The molecule has 1 aromatic carbocycles. The van der Waals surface area contributed by atoms with Crippen molar-refractivity contribution in [3.05, 3.63) is 27.1 Å². The van der Waals surface area contributed by atoms with E-state index in [0.717, 1.165) is 0 Å². The molecule has 0 saturated carbocycles. The fourth-order valence-electron chi connectivity index (χ4n) is 5.17. The number of fused-ring (bicyclic) bond motifs is 4. The van der Waals surface area contributed by atoms with E-state index in [1.54, 1.807) is 11.0 Å². The molecule has 2 atom stereocenters. The van der Waals surface area contributed by atoms with E-state index < -0.39 is 23.6 Å². The maximum atomic E-state index is 15.4. The van der Waals surface area contributed by atoms with Crippen molar-refractivity contribution in [2.75, 3.05) is 56.6 Å². The lowest BCUT2D eigenvalue weighted by Gasteiger charge is -2.51. The Bertz CT molecular complexity index is 1340. The van der Waals surface area contributed by atoms with E-state index >= 15 is 4.39 Å². The first-order valence-electron chi connectivity index (χ1n) is 12.0. The zero-order valence-corrected chi connectivity index (χ0v) is 23.6. The molecule has 9 nitrogen and oxygen atoms in total. The van der Waals surface area contributed by atoms with Crippen molar-refractivity contribution in [1.29, 1.82) is 0 Å². The van der Waals surface area contributed by atoms with Crippen LogP contribution in [-0.2, 0) is 9.53 Å². The third kappa shape index (κ3) is 4.52. The smallest absolute Gasteiger partial charge is 0.410 e. The number of pyridine rings is 1. The van der Waals surface area contributed by atoms with Gasteiger partial charge in [-0.1, -0.05) is 11.6 Å². The van der Waals surface area contributed by atoms with Crippen molar-refractivity contribution in [3.63, 3.8) is 0 Å². The predicted octanol–water partition coefficient (Wildman–Crippen LogP) is 4.07. The number of piperazine rings is 1. The topological polar surface area (TPSA) is 78.5 Å². The van der Waals surface area contributed by atoms with Crippen molar-refractivity contribution in [2.45, 2.75) is 38.5 Å². The molecular formula is C25H28BrClFN5O4. The first-order valence-corrected chi connectivity index (χ1v) is 13.2. The Hall–Kier alpha value is -2.59. The highest BCUT2D eigenvalue weighted by Gasteiger charge is 2.47. The summed E-state index contributed by atoms with van der Waals surface area (Å²) < 4.78 is 27.4. The van der Waals surface area contributed by atoms with Gasteiger partial charge in [0.25, 0.3) is 0 Å². The molecule has 0 bridgehead atoms.